The predicted octanol–water partition coefficient (Wildman–Crippen LogP) is 1.78. The maximum absolute atomic E-state index is 12.5. The van der Waals surface area contributed by atoms with Crippen LogP contribution in [0, 0.1) is 0 Å². The lowest BCUT2D eigenvalue weighted by atomic mass is 10.0. The molecule has 25 heavy (non-hydrogen) atoms. The Labute approximate surface area is 151 Å². The summed E-state index contributed by atoms with van der Waals surface area (Å²) in [6.45, 7) is 9.60. The minimum atomic E-state index is 0.0997. The number of likely N-dealkylation sites (N-methyl/N-ethyl adjacent to an activating group) is 1. The van der Waals surface area contributed by atoms with Crippen molar-refractivity contribution in [1.29, 1.82) is 0 Å². The van der Waals surface area contributed by atoms with Crippen molar-refractivity contribution < 1.29 is 4.79 Å². The van der Waals surface area contributed by atoms with Crippen LogP contribution in [-0.4, -0.2) is 77.6 Å². The molecule has 1 aromatic rings. The summed E-state index contributed by atoms with van der Waals surface area (Å²) in [7, 11) is 0. The molecular weight excluding hydrogens is 314 g/mol. The molecule has 2 fully saturated rings. The fourth-order valence-electron chi connectivity index (χ4n) is 3.88. The van der Waals surface area contributed by atoms with Crippen molar-refractivity contribution in [2.45, 2.75) is 38.8 Å². The van der Waals surface area contributed by atoms with E-state index >= 15 is 0 Å². The van der Waals surface area contributed by atoms with E-state index in [2.05, 4.69) is 33.1 Å². The summed E-state index contributed by atoms with van der Waals surface area (Å²) in [5.41, 5.74) is 1.23. The number of nitrogens with zero attached hydrogens (tertiary/aromatic N) is 4. The van der Waals surface area contributed by atoms with Crippen LogP contribution in [-0.2, 0) is 6.54 Å². The highest BCUT2D eigenvalue weighted by Crippen LogP contribution is 2.16. The molecule has 6 nitrogen and oxygen atoms in total. The molecule has 2 amide bonds. The normalized spacial score (nSPS) is 22.8. The minimum absolute atomic E-state index is 0.0997. The summed E-state index contributed by atoms with van der Waals surface area (Å²) < 4.78 is 0. The van der Waals surface area contributed by atoms with E-state index in [4.69, 9.17) is 0 Å². The molecule has 0 aromatic carbocycles. The molecule has 0 bridgehead atoms. The summed E-state index contributed by atoms with van der Waals surface area (Å²) >= 11 is 0. The molecular formula is C19H31N5O. The summed E-state index contributed by atoms with van der Waals surface area (Å²) in [5.74, 6) is 0. The average Bonchev–Trinajstić information content (AvgIpc) is 2.67. The number of carbonyl (C=O) groups is 1. The number of amides is 2. The number of pyridine rings is 1. The summed E-state index contributed by atoms with van der Waals surface area (Å²) in [5, 5.41) is 3.17. The van der Waals surface area contributed by atoms with Crippen LogP contribution >= 0.6 is 0 Å². The highest BCUT2D eigenvalue weighted by molar-refractivity contribution is 5.74. The third-order valence-corrected chi connectivity index (χ3v) is 5.43. The average molecular weight is 345 g/mol. The first kappa shape index (κ1) is 18.1. The monoisotopic (exact) mass is 345 g/mol. The van der Waals surface area contributed by atoms with Crippen molar-refractivity contribution >= 4 is 6.03 Å². The molecule has 2 saturated heterocycles. The smallest absolute Gasteiger partial charge is 0.317 e. The van der Waals surface area contributed by atoms with Gasteiger partial charge in [-0.3, -0.25) is 14.8 Å². The number of aromatic nitrogens is 1. The first-order chi connectivity index (χ1) is 12.3. The molecule has 1 unspecified atom stereocenters. The maximum Gasteiger partial charge on any atom is 0.317 e. The van der Waals surface area contributed by atoms with Crippen LogP contribution in [0.2, 0.25) is 0 Å². The second kappa shape index (κ2) is 9.15. The van der Waals surface area contributed by atoms with Crippen LogP contribution in [0.25, 0.3) is 0 Å². The predicted molar refractivity (Wildman–Crippen MR) is 99.4 cm³/mol. The number of hydrogen-bond acceptors (Lipinski definition) is 4. The van der Waals surface area contributed by atoms with Gasteiger partial charge >= 0.3 is 6.03 Å². The largest absolute Gasteiger partial charge is 0.336 e. The van der Waals surface area contributed by atoms with Gasteiger partial charge in [0.1, 0.15) is 0 Å². The van der Waals surface area contributed by atoms with Gasteiger partial charge in [-0.25, -0.2) is 4.79 Å². The number of urea groups is 1. The zero-order valence-electron chi connectivity index (χ0n) is 15.4. The van der Waals surface area contributed by atoms with Gasteiger partial charge in [-0.1, -0.05) is 19.4 Å². The highest BCUT2D eigenvalue weighted by atomic mass is 16.2. The highest BCUT2D eigenvalue weighted by Gasteiger charge is 2.24. The van der Waals surface area contributed by atoms with Gasteiger partial charge in [0.15, 0.2) is 0 Å². The van der Waals surface area contributed by atoms with E-state index in [-0.39, 0.29) is 6.03 Å². The van der Waals surface area contributed by atoms with Gasteiger partial charge in [-0.15, -0.1) is 0 Å². The molecule has 3 rings (SSSR count). The Hall–Kier alpha value is -1.66. The number of piperidine rings is 1. The Morgan fingerprint density at radius 3 is 2.80 bits per heavy atom. The summed E-state index contributed by atoms with van der Waals surface area (Å²) in [6.07, 6.45) is 7.49. The van der Waals surface area contributed by atoms with Gasteiger partial charge in [0.2, 0.25) is 0 Å². The van der Waals surface area contributed by atoms with Gasteiger partial charge < -0.3 is 10.2 Å². The number of piperazine rings is 1. The Morgan fingerprint density at radius 2 is 2.08 bits per heavy atom. The molecule has 0 aliphatic carbocycles. The molecule has 138 valence electrons. The first-order valence-electron chi connectivity index (χ1n) is 9.64. The van der Waals surface area contributed by atoms with E-state index in [0.717, 1.165) is 45.8 Å². The molecule has 3 heterocycles. The van der Waals surface area contributed by atoms with Crippen LogP contribution < -0.4 is 5.32 Å². The summed E-state index contributed by atoms with van der Waals surface area (Å²) in [4.78, 5) is 23.5. The van der Waals surface area contributed by atoms with Gasteiger partial charge in [0.05, 0.1) is 0 Å². The molecule has 2 aliphatic rings. The van der Waals surface area contributed by atoms with Crippen molar-refractivity contribution in [3.05, 3.63) is 30.1 Å². The third-order valence-electron chi connectivity index (χ3n) is 5.43. The summed E-state index contributed by atoms with van der Waals surface area (Å²) in [6, 6.07) is 4.69. The van der Waals surface area contributed by atoms with E-state index in [9.17, 15) is 4.79 Å². The molecule has 0 radical (unpaired) electrons. The van der Waals surface area contributed by atoms with Crippen molar-refractivity contribution in [3.8, 4) is 0 Å². The fourth-order valence-corrected chi connectivity index (χ4v) is 3.88. The van der Waals surface area contributed by atoms with Gasteiger partial charge in [-0.2, -0.15) is 0 Å². The van der Waals surface area contributed by atoms with Crippen LogP contribution in [0.4, 0.5) is 4.79 Å². The van der Waals surface area contributed by atoms with Crippen LogP contribution in [0.1, 0.15) is 31.7 Å². The lowest BCUT2D eigenvalue weighted by Crippen LogP contribution is -2.54. The quantitative estimate of drug-likeness (QED) is 0.884. The third kappa shape index (κ3) is 5.16. The molecule has 1 N–H and O–H groups in total. The first-order valence-corrected chi connectivity index (χ1v) is 9.64. The van der Waals surface area contributed by atoms with E-state index < -0.39 is 0 Å². The van der Waals surface area contributed by atoms with Gasteiger partial charge in [0, 0.05) is 57.7 Å². The lowest BCUT2D eigenvalue weighted by Gasteiger charge is -2.37. The fraction of sp³-hybridized carbons (Fsp3) is 0.684. The molecule has 6 heteroatoms. The molecule has 1 atom stereocenters. The SMILES string of the molecule is CCN1CCCCC1CNC(=O)N1CCN(Cc2cccnc2)CC1. The maximum atomic E-state index is 12.5. The second-order valence-electron chi connectivity index (χ2n) is 7.09. The van der Waals surface area contributed by atoms with Crippen molar-refractivity contribution in [3.63, 3.8) is 0 Å². The Kier molecular flexibility index (Phi) is 6.64. The van der Waals surface area contributed by atoms with Crippen LogP contribution in [0.3, 0.4) is 0 Å². The zero-order valence-corrected chi connectivity index (χ0v) is 15.4. The van der Waals surface area contributed by atoms with Crippen LogP contribution in [0.5, 0.6) is 0 Å². The van der Waals surface area contributed by atoms with Gasteiger partial charge in [-0.05, 0) is 37.6 Å². The number of nitrogens with one attached hydrogen (secondary N) is 1. The lowest BCUT2D eigenvalue weighted by molar-refractivity contribution is 0.126. The van der Waals surface area contributed by atoms with E-state index in [1.165, 1.54) is 31.4 Å². The number of carbonyl (C=O) groups excluding carboxylic acids is 1. The minimum Gasteiger partial charge on any atom is -0.336 e. The molecule has 1 aromatic heterocycles. The molecule has 2 aliphatic heterocycles. The van der Waals surface area contributed by atoms with E-state index in [0.29, 0.717) is 6.04 Å². The Bertz CT molecular complexity index is 530. The van der Waals surface area contributed by atoms with Crippen molar-refractivity contribution in [2.75, 3.05) is 45.8 Å². The Balaban J connectivity index is 1.39. The molecule has 0 saturated carbocycles. The standard InChI is InChI=1S/C19H31N5O/c1-2-23-9-4-3-7-18(23)15-21-19(25)24-12-10-22(11-13-24)16-17-6-5-8-20-14-17/h5-6,8,14,18H,2-4,7,9-13,15-16H2,1H3,(H,21,25). The number of rotatable bonds is 5. The van der Waals surface area contributed by atoms with Crippen molar-refractivity contribution in [2.24, 2.45) is 0 Å². The second-order valence-corrected chi connectivity index (χ2v) is 7.09. The van der Waals surface area contributed by atoms with E-state index in [1.807, 2.05) is 17.2 Å². The topological polar surface area (TPSA) is 51.7 Å². The number of likely N-dealkylation sites (tertiary alicyclic amines) is 1. The molecule has 0 spiro atoms. The zero-order chi connectivity index (χ0) is 17.5. The van der Waals surface area contributed by atoms with Gasteiger partial charge in [0.25, 0.3) is 0 Å². The van der Waals surface area contributed by atoms with Crippen LogP contribution in [0.15, 0.2) is 24.5 Å². The van der Waals surface area contributed by atoms with Crippen molar-refractivity contribution in [1.82, 2.24) is 25.0 Å². The number of hydrogen-bond donors (Lipinski definition) is 1. The van der Waals surface area contributed by atoms with E-state index in [1.54, 1.807) is 6.20 Å². The Morgan fingerprint density at radius 1 is 1.24 bits per heavy atom.